The van der Waals surface area contributed by atoms with E-state index in [-0.39, 0.29) is 19.2 Å². The first kappa shape index (κ1) is 18.0. The minimum absolute atomic E-state index is 0.0198. The fourth-order valence-electron chi connectivity index (χ4n) is 2.53. The Morgan fingerprint density at radius 3 is 2.58 bits per heavy atom. The maximum absolute atomic E-state index is 13.4. The summed E-state index contributed by atoms with van der Waals surface area (Å²) in [7, 11) is 3.22. The fraction of sp³-hybridized carbons (Fsp3) is 0.500. The van der Waals surface area contributed by atoms with Crippen molar-refractivity contribution in [2.24, 2.45) is 14.1 Å². The first-order chi connectivity index (χ1) is 12.3. The average Bonchev–Trinajstić information content (AvgIpc) is 3.12. The van der Waals surface area contributed by atoms with E-state index in [0.717, 1.165) is 16.8 Å². The van der Waals surface area contributed by atoms with Gasteiger partial charge in [0.15, 0.2) is 5.82 Å². The molecule has 1 unspecified atom stereocenters. The lowest BCUT2D eigenvalue weighted by Crippen LogP contribution is -2.44. The molecule has 9 nitrogen and oxygen atoms in total. The van der Waals surface area contributed by atoms with Crippen LogP contribution >= 0.6 is 0 Å². The molecule has 0 aromatic carbocycles. The van der Waals surface area contributed by atoms with Crippen LogP contribution in [0.15, 0.2) is 23.9 Å². The van der Waals surface area contributed by atoms with Gasteiger partial charge in [0, 0.05) is 14.1 Å². The van der Waals surface area contributed by atoms with Crippen molar-refractivity contribution in [1.29, 1.82) is 0 Å². The van der Waals surface area contributed by atoms with E-state index < -0.39 is 17.9 Å². The zero-order valence-corrected chi connectivity index (χ0v) is 14.3. The molecule has 0 amide bonds. The zero-order valence-electron chi connectivity index (χ0n) is 14.3. The van der Waals surface area contributed by atoms with Crippen molar-refractivity contribution in [2.75, 3.05) is 11.5 Å². The molecule has 1 aliphatic heterocycles. The number of hydrogen-bond donors (Lipinski definition) is 0. The normalized spacial score (nSPS) is 17.7. The van der Waals surface area contributed by atoms with Gasteiger partial charge in [-0.3, -0.25) is 9.58 Å². The third-order valence-corrected chi connectivity index (χ3v) is 3.83. The Morgan fingerprint density at radius 2 is 2.00 bits per heavy atom. The van der Waals surface area contributed by atoms with Crippen molar-refractivity contribution in [3.63, 3.8) is 0 Å². The van der Waals surface area contributed by atoms with Crippen LogP contribution in [-0.2, 0) is 25.4 Å². The maximum atomic E-state index is 13.4. The summed E-state index contributed by atoms with van der Waals surface area (Å²) < 4.78 is 48.6. The first-order valence-corrected chi connectivity index (χ1v) is 7.69. The number of ether oxygens (including phenoxy) is 1. The number of anilines is 1. The lowest BCUT2D eigenvalue weighted by molar-refractivity contribution is -0.0946. The summed E-state index contributed by atoms with van der Waals surface area (Å²) in [4.78, 5) is 5.21. The summed E-state index contributed by atoms with van der Waals surface area (Å²) in [6.07, 6.45) is -0.634. The smallest absolute Gasteiger partial charge is 0.371 e. The van der Waals surface area contributed by atoms with Gasteiger partial charge >= 0.3 is 6.18 Å². The molecule has 0 spiro atoms. The standard InChI is InChI=1S/C14H17F3N8O/c1-9-18-12(20-23(9)2)8-26-7-10-5-4-6-11(14(15,16)17)25(10)13-19-21-22-24(13)3/h4-6,10H,7-8H2,1-3H3. The number of aromatic nitrogens is 7. The summed E-state index contributed by atoms with van der Waals surface area (Å²) in [6.45, 7) is 1.86. The molecule has 1 atom stereocenters. The minimum atomic E-state index is -4.56. The number of allylic oxidation sites excluding steroid dienone is 3. The molecule has 0 fully saturated rings. The van der Waals surface area contributed by atoms with Crippen LogP contribution < -0.4 is 4.90 Å². The largest absolute Gasteiger partial charge is 0.431 e. The first-order valence-electron chi connectivity index (χ1n) is 7.69. The molecule has 1 aliphatic rings. The molecule has 0 N–H and O–H groups in total. The van der Waals surface area contributed by atoms with E-state index in [1.165, 1.54) is 17.8 Å². The monoisotopic (exact) mass is 370 g/mol. The van der Waals surface area contributed by atoms with E-state index in [1.807, 2.05) is 0 Å². The van der Waals surface area contributed by atoms with Gasteiger partial charge < -0.3 is 4.74 Å². The molecule has 0 saturated heterocycles. The summed E-state index contributed by atoms with van der Waals surface area (Å²) >= 11 is 0. The average molecular weight is 370 g/mol. The van der Waals surface area contributed by atoms with Crippen LogP contribution in [0.1, 0.15) is 11.6 Å². The van der Waals surface area contributed by atoms with Crippen LogP contribution in [0.4, 0.5) is 19.1 Å². The number of aryl methyl sites for hydroxylation is 3. The lowest BCUT2D eigenvalue weighted by atomic mass is 10.1. The highest BCUT2D eigenvalue weighted by atomic mass is 19.4. The molecular formula is C14H17F3N8O. The number of rotatable bonds is 5. The molecule has 0 aliphatic carbocycles. The van der Waals surface area contributed by atoms with Gasteiger partial charge in [-0.05, 0) is 23.4 Å². The highest BCUT2D eigenvalue weighted by molar-refractivity contribution is 5.49. The topological polar surface area (TPSA) is 86.8 Å². The van der Waals surface area contributed by atoms with Crippen LogP contribution in [0, 0.1) is 6.92 Å². The molecule has 12 heteroatoms. The Balaban J connectivity index is 1.77. The van der Waals surface area contributed by atoms with Gasteiger partial charge in [0.05, 0.1) is 12.6 Å². The fourth-order valence-corrected chi connectivity index (χ4v) is 2.53. The summed E-state index contributed by atoms with van der Waals surface area (Å²) in [5.41, 5.74) is -0.863. The van der Waals surface area contributed by atoms with Gasteiger partial charge in [-0.2, -0.15) is 18.3 Å². The van der Waals surface area contributed by atoms with Gasteiger partial charge in [-0.1, -0.05) is 17.3 Å². The summed E-state index contributed by atoms with van der Waals surface area (Å²) in [6, 6.07) is -0.730. The van der Waals surface area contributed by atoms with Crippen molar-refractivity contribution in [3.05, 3.63) is 35.6 Å². The predicted molar refractivity (Wildman–Crippen MR) is 83.7 cm³/mol. The third kappa shape index (κ3) is 3.59. The predicted octanol–water partition coefficient (Wildman–Crippen LogP) is 1.05. The number of halogens is 3. The molecule has 0 bridgehead atoms. The molecule has 140 valence electrons. The van der Waals surface area contributed by atoms with E-state index in [9.17, 15) is 13.2 Å². The van der Waals surface area contributed by atoms with Gasteiger partial charge in [-0.25, -0.2) is 9.67 Å². The third-order valence-electron chi connectivity index (χ3n) is 3.83. The Kier molecular flexibility index (Phi) is 4.76. The molecule has 3 rings (SSSR count). The van der Waals surface area contributed by atoms with Gasteiger partial charge in [0.2, 0.25) is 5.95 Å². The molecule has 26 heavy (non-hydrogen) atoms. The van der Waals surface area contributed by atoms with E-state index in [2.05, 4.69) is 25.6 Å². The summed E-state index contributed by atoms with van der Waals surface area (Å²) in [5, 5.41) is 14.9. The maximum Gasteiger partial charge on any atom is 0.431 e. The van der Waals surface area contributed by atoms with E-state index in [0.29, 0.717) is 5.82 Å². The van der Waals surface area contributed by atoms with Crippen LogP contribution in [0.5, 0.6) is 0 Å². The number of hydrogen-bond acceptors (Lipinski definition) is 7. The van der Waals surface area contributed by atoms with Crippen molar-refractivity contribution in [2.45, 2.75) is 25.7 Å². The van der Waals surface area contributed by atoms with E-state index in [1.54, 1.807) is 24.7 Å². The van der Waals surface area contributed by atoms with Crippen LogP contribution in [0.3, 0.4) is 0 Å². The Labute approximate surface area is 146 Å². The lowest BCUT2D eigenvalue weighted by Gasteiger charge is -2.34. The van der Waals surface area contributed by atoms with Crippen LogP contribution in [0.25, 0.3) is 0 Å². The number of nitrogens with zero attached hydrogens (tertiary/aromatic N) is 8. The van der Waals surface area contributed by atoms with Gasteiger partial charge in [-0.15, -0.1) is 0 Å². The molecule has 3 heterocycles. The second-order valence-corrected chi connectivity index (χ2v) is 5.69. The van der Waals surface area contributed by atoms with Crippen molar-refractivity contribution >= 4 is 5.95 Å². The molecular weight excluding hydrogens is 353 g/mol. The second-order valence-electron chi connectivity index (χ2n) is 5.69. The highest BCUT2D eigenvalue weighted by Gasteiger charge is 2.42. The zero-order chi connectivity index (χ0) is 18.9. The SMILES string of the molecule is Cc1nc(COCC2C=CC=C(C(F)(F)F)N2c2nnnn2C)nn1C. The van der Waals surface area contributed by atoms with Crippen LogP contribution in [-0.4, -0.2) is 53.8 Å². The second kappa shape index (κ2) is 6.86. The molecule has 2 aromatic heterocycles. The Bertz CT molecular complexity index is 818. The van der Waals surface area contributed by atoms with Gasteiger partial charge in [0.1, 0.15) is 18.1 Å². The number of alkyl halides is 3. The number of tetrazole rings is 1. The van der Waals surface area contributed by atoms with Crippen molar-refractivity contribution in [1.82, 2.24) is 35.0 Å². The van der Waals surface area contributed by atoms with Gasteiger partial charge in [0.25, 0.3) is 0 Å². The van der Waals surface area contributed by atoms with Crippen molar-refractivity contribution in [3.8, 4) is 0 Å². The molecule has 0 saturated carbocycles. The summed E-state index contributed by atoms with van der Waals surface area (Å²) in [5.74, 6) is 1.15. The van der Waals surface area contributed by atoms with Crippen molar-refractivity contribution < 1.29 is 17.9 Å². The Hall–Kier alpha value is -2.76. The minimum Gasteiger partial charge on any atom is -0.371 e. The quantitative estimate of drug-likeness (QED) is 0.778. The Morgan fingerprint density at radius 1 is 1.23 bits per heavy atom. The van der Waals surface area contributed by atoms with E-state index >= 15 is 0 Å². The van der Waals surface area contributed by atoms with Crippen LogP contribution in [0.2, 0.25) is 0 Å². The van der Waals surface area contributed by atoms with E-state index in [4.69, 9.17) is 4.74 Å². The highest BCUT2D eigenvalue weighted by Crippen LogP contribution is 2.34. The molecule has 0 radical (unpaired) electrons. The molecule has 2 aromatic rings.